The standard InChI is InChI=1S/C9H16O4.C6H9F3O3.C5H8O4.C5H8O2.C4H5F3O3.C4H5F3O2.C3H2F3NO2.C3H3F3O3.C3H5F3O2.C3H2N2O2.C3H4O4.C3H8O2/c1(2-10-4-8-6-12-8)3-11-5-9-7-13-9;7-6(8,9)12-2-1-10-3-5-4-11-5;6-4(7)2-1-3-5(8)9;1-4(6)3-5(2)7;5-4(6,7)10-2-1-3(8)9;1-3(8)2-9-4(5,6)7;4-3(5,6)9-2-8-1-7;4-3(5,6)9-1-2(7)8;4-3(5,6)8-2-1-7;4-1-7-3-5-2-6;4-2(5)1-3(6)7;4-2-1-3-5/h8-9H,1-7H2;5H,1-4H2;1-3H2,(H,6,7)(H,8,9);6-7H,1-3H2;1-2H2,(H,8,9);8H,1-2H2;2H2;1H2,(H,7,8);7H,1-2H2;3H2;1H2,(H,4,5)(H,6,7);4-5H,1-3H2. The van der Waals surface area contributed by atoms with Crippen LogP contribution in [0.3, 0.4) is 0 Å². The van der Waals surface area contributed by atoms with Crippen molar-refractivity contribution in [3.63, 3.8) is 0 Å². The monoisotopic (exact) mass is 1600 g/mol. The van der Waals surface area contributed by atoms with Gasteiger partial charge < -0.3 is 99.2 Å². The minimum atomic E-state index is -4.85. The van der Waals surface area contributed by atoms with Gasteiger partial charge in [-0.3, -0.25) is 52.4 Å². The zero-order valence-corrected chi connectivity index (χ0v) is 54.0. The molecule has 105 heavy (non-hydrogen) atoms. The summed E-state index contributed by atoms with van der Waals surface area (Å²) in [5.74, 6) is -8.25. The Balaban J connectivity index is -0.000000138. The number of carboxylic acid groups (broad SMARTS) is 6. The minimum Gasteiger partial charge on any atom is -0.512 e. The Labute approximate surface area is 580 Å². The zero-order valence-electron chi connectivity index (χ0n) is 54.0. The first kappa shape index (κ1) is 115. The molecule has 54 heteroatoms. The fourth-order valence-corrected chi connectivity index (χ4v) is 3.38. The molecule has 0 spiro atoms. The van der Waals surface area contributed by atoms with Crippen LogP contribution in [0.4, 0.5) is 79.0 Å². The van der Waals surface area contributed by atoms with Gasteiger partial charge in [-0.05, 0) is 19.3 Å². The number of nitriles is 2. The van der Waals surface area contributed by atoms with Crippen molar-refractivity contribution in [1.29, 1.82) is 10.5 Å². The molecule has 3 unspecified atom stereocenters. The predicted octanol–water partition coefficient (Wildman–Crippen LogP) is 6.37. The van der Waals surface area contributed by atoms with Crippen LogP contribution in [-0.2, 0) is 99.9 Å². The van der Waals surface area contributed by atoms with Crippen LogP contribution in [0.1, 0.15) is 51.4 Å². The van der Waals surface area contributed by atoms with Crippen LogP contribution in [0.2, 0.25) is 0 Å². The van der Waals surface area contributed by atoms with E-state index in [1.165, 1.54) is 12.3 Å². The Bertz CT molecular complexity index is 2270. The van der Waals surface area contributed by atoms with Crippen LogP contribution in [0.5, 0.6) is 0 Å². The molecule has 0 radical (unpaired) electrons. The first-order chi connectivity index (χ1) is 48.1. The summed E-state index contributed by atoms with van der Waals surface area (Å²) < 4.78 is 255. The van der Waals surface area contributed by atoms with E-state index in [9.17, 15) is 113 Å². The predicted molar refractivity (Wildman–Crippen MR) is 299 cm³/mol. The number of epoxide rings is 3. The van der Waals surface area contributed by atoms with E-state index in [2.05, 4.69) is 62.6 Å². The lowest BCUT2D eigenvalue weighted by molar-refractivity contribution is -0.344. The molecule has 3 saturated heterocycles. The van der Waals surface area contributed by atoms with Crippen molar-refractivity contribution in [3.8, 4) is 12.5 Å². The number of ether oxygens (including phenoxy) is 14. The van der Waals surface area contributed by atoms with Crippen molar-refractivity contribution in [2.24, 2.45) is 4.99 Å². The van der Waals surface area contributed by atoms with Crippen LogP contribution in [-0.4, -0.2) is 286 Å². The molecule has 618 valence electrons. The highest BCUT2D eigenvalue weighted by Gasteiger charge is 2.33. The van der Waals surface area contributed by atoms with Crippen molar-refractivity contribution in [3.05, 3.63) is 37.0 Å². The van der Waals surface area contributed by atoms with Crippen LogP contribution in [0, 0.1) is 23.0 Å². The number of aliphatic hydroxyl groups is 6. The lowest BCUT2D eigenvalue weighted by Crippen LogP contribution is -2.18. The lowest BCUT2D eigenvalue weighted by Gasteiger charge is -2.06. The van der Waals surface area contributed by atoms with E-state index in [0.29, 0.717) is 31.8 Å². The normalized spacial score (nSPS) is 13.8. The third kappa shape index (κ3) is 173. The summed E-state index contributed by atoms with van der Waals surface area (Å²) in [6, 6.07) is 0. The van der Waals surface area contributed by atoms with E-state index in [1.54, 1.807) is 0 Å². The number of aliphatic hydroxyl groups excluding tert-OH is 6. The fraction of sp³-hybridized carbons (Fsp3) is 0.706. The summed E-state index contributed by atoms with van der Waals surface area (Å²) >= 11 is 0. The van der Waals surface area contributed by atoms with Crippen molar-refractivity contribution < 1.29 is 240 Å². The summed E-state index contributed by atoms with van der Waals surface area (Å²) in [5, 5.41) is 110. The molecule has 3 aliphatic rings. The number of hydrogen-bond acceptors (Lipinski definition) is 30. The Morgan fingerprint density at radius 1 is 0.400 bits per heavy atom. The van der Waals surface area contributed by atoms with Gasteiger partial charge in [0.15, 0.2) is 6.61 Å². The van der Waals surface area contributed by atoms with Gasteiger partial charge >= 0.3 is 74.0 Å². The van der Waals surface area contributed by atoms with Gasteiger partial charge in [-0.25, -0.2) is 9.59 Å². The summed E-state index contributed by atoms with van der Waals surface area (Å²) in [4.78, 5) is 69.6. The van der Waals surface area contributed by atoms with Crippen LogP contribution >= 0.6 is 0 Å². The van der Waals surface area contributed by atoms with Crippen LogP contribution in [0.15, 0.2) is 42.0 Å². The number of aliphatic imine (C=N–C) groups is 1. The molecule has 3 atom stereocenters. The molecule has 0 bridgehead atoms. The second kappa shape index (κ2) is 72.5. The second-order valence-corrected chi connectivity index (χ2v) is 16.9. The van der Waals surface area contributed by atoms with Crippen molar-refractivity contribution in [2.45, 2.75) is 108 Å². The summed E-state index contributed by atoms with van der Waals surface area (Å²) in [7, 11) is 0. The van der Waals surface area contributed by atoms with Crippen molar-refractivity contribution in [1.82, 2.24) is 0 Å². The van der Waals surface area contributed by atoms with Gasteiger partial charge in [0, 0.05) is 39.3 Å². The second-order valence-electron chi connectivity index (χ2n) is 16.9. The largest absolute Gasteiger partial charge is 0.525 e. The molecule has 0 aromatic rings. The smallest absolute Gasteiger partial charge is 0.512 e. The highest BCUT2D eigenvalue weighted by molar-refractivity contribution is 5.88. The topological polar surface area (TPSA) is 561 Å². The summed E-state index contributed by atoms with van der Waals surface area (Å²) in [6.45, 7) is 8.78. The van der Waals surface area contributed by atoms with Gasteiger partial charge in [-0.15, -0.1) is 79.0 Å². The van der Waals surface area contributed by atoms with Crippen molar-refractivity contribution >= 4 is 41.9 Å². The van der Waals surface area contributed by atoms with Gasteiger partial charge in [-0.2, -0.15) is 15.5 Å². The molecule has 3 fully saturated rings. The molecule has 3 rings (SSSR count). The molecule has 3 heterocycles. The average Bonchev–Trinajstić information content (AvgIpc) is 1.81. The molecular weight excluding hydrogens is 1520 g/mol. The van der Waals surface area contributed by atoms with Crippen molar-refractivity contribution in [2.75, 3.05) is 126 Å². The van der Waals surface area contributed by atoms with E-state index in [-0.39, 0.29) is 69.9 Å². The molecular formula is C51H75F18N3O33. The maximum absolute atomic E-state index is 11.4. The number of halogens is 18. The van der Waals surface area contributed by atoms with Crippen LogP contribution in [0.25, 0.3) is 0 Å². The van der Waals surface area contributed by atoms with Gasteiger partial charge in [0.2, 0.25) is 19.6 Å². The highest BCUT2D eigenvalue weighted by Crippen LogP contribution is 2.20. The Morgan fingerprint density at radius 3 is 0.962 bits per heavy atom. The highest BCUT2D eigenvalue weighted by atomic mass is 19.4. The van der Waals surface area contributed by atoms with Gasteiger partial charge in [-0.1, -0.05) is 19.7 Å². The molecule has 12 N–H and O–H groups in total. The number of nitrogens with zero attached hydrogens (tertiary/aromatic N) is 3. The Morgan fingerprint density at radius 2 is 0.743 bits per heavy atom. The summed E-state index contributed by atoms with van der Waals surface area (Å²) in [6.07, 6.45) is -23.6. The molecule has 0 saturated carbocycles. The number of carbonyl (C=O) groups is 6. The first-order valence-corrected chi connectivity index (χ1v) is 27.2. The van der Waals surface area contributed by atoms with Gasteiger partial charge in [0.25, 0.3) is 12.5 Å². The third-order valence-corrected chi connectivity index (χ3v) is 7.30. The van der Waals surface area contributed by atoms with E-state index in [0.717, 1.165) is 52.3 Å². The fourth-order valence-electron chi connectivity index (χ4n) is 3.38. The Hall–Kier alpha value is -8.46. The minimum absolute atomic E-state index is 0.0562. The summed E-state index contributed by atoms with van der Waals surface area (Å²) in [5.41, 5.74) is 0. The first-order valence-electron chi connectivity index (χ1n) is 27.2. The quantitative estimate of drug-likeness (QED) is 0.00373. The maximum atomic E-state index is 11.4. The number of alkyl halides is 18. The number of carbonyl (C=O) groups excluding carboxylic acids is 1. The maximum Gasteiger partial charge on any atom is 0.525 e. The number of isocyanates is 1. The third-order valence-electron chi connectivity index (χ3n) is 7.30. The molecule has 0 aliphatic carbocycles. The number of carboxylic acids is 6. The number of hydrogen-bond donors (Lipinski definition) is 12. The zero-order chi connectivity index (χ0) is 83.7. The van der Waals surface area contributed by atoms with Gasteiger partial charge in [0.05, 0.1) is 97.0 Å². The SMILES string of the molecule is C(COCC1CO1)COCC1CO1.C=C(O)CC(=C)O.C=C(O)COC(F)(F)F.FC(F)(F)OCCOCC1CO1.N#COCN=C=O.N#COCOC(F)(F)F.O=C(O)CC(=O)O.O=C(O)CCCC(=O)O.O=C(O)CCOC(F)(F)F.O=C(O)COC(F)(F)F.OCCCO.OCCOC(F)(F)F. The lowest BCUT2D eigenvalue weighted by atomic mass is 10.2. The molecule has 36 nitrogen and oxygen atoms in total. The Kier molecular flexibility index (Phi) is 79.4. The van der Waals surface area contributed by atoms with E-state index < -0.39 is 139 Å². The van der Waals surface area contributed by atoms with Gasteiger partial charge in [0.1, 0.15) is 37.1 Å². The molecule has 0 aromatic heterocycles. The van der Waals surface area contributed by atoms with E-state index in [4.69, 9.17) is 100 Å². The van der Waals surface area contributed by atoms with Crippen LogP contribution < -0.4 is 0 Å². The van der Waals surface area contributed by atoms with E-state index in [1.807, 2.05) is 0 Å². The molecule has 0 amide bonds. The van der Waals surface area contributed by atoms with E-state index >= 15 is 0 Å². The number of rotatable bonds is 36. The average molecular weight is 1600 g/mol. The molecule has 0 aromatic carbocycles. The number of aliphatic carboxylic acids is 6. The molecule has 3 aliphatic heterocycles.